The molecule has 3 aromatic rings. The van der Waals surface area contributed by atoms with Gasteiger partial charge in [0.2, 0.25) is 0 Å². The summed E-state index contributed by atoms with van der Waals surface area (Å²) in [6.45, 7) is 0.675. The third-order valence-electron chi connectivity index (χ3n) is 4.14. The Bertz CT molecular complexity index is 1000. The average molecular weight is 427 g/mol. The van der Waals surface area contributed by atoms with Crippen LogP contribution in [0.2, 0.25) is 0 Å². The molecular weight excluding hydrogens is 408 g/mol. The smallest absolute Gasteiger partial charge is 0.263 e. The maximum Gasteiger partial charge on any atom is 0.263 e. The maximum absolute atomic E-state index is 12.7. The van der Waals surface area contributed by atoms with Crippen molar-refractivity contribution in [2.75, 3.05) is 7.11 Å². The monoisotopic (exact) mass is 426 g/mol. The zero-order valence-electron chi connectivity index (χ0n) is 14.8. The van der Waals surface area contributed by atoms with Crippen molar-refractivity contribution in [2.45, 2.75) is 13.1 Å². The molecule has 0 radical (unpaired) electrons. The molecular formula is C21H19BrN2O3. The molecule has 0 aliphatic rings. The third kappa shape index (κ3) is 4.65. The van der Waals surface area contributed by atoms with E-state index in [0.717, 1.165) is 15.6 Å². The van der Waals surface area contributed by atoms with E-state index in [2.05, 4.69) is 21.2 Å². The summed E-state index contributed by atoms with van der Waals surface area (Å²) >= 11 is 3.41. The Kier molecular flexibility index (Phi) is 6.08. The van der Waals surface area contributed by atoms with E-state index in [9.17, 15) is 9.59 Å². The molecule has 1 aromatic heterocycles. The molecule has 0 spiro atoms. The van der Waals surface area contributed by atoms with E-state index in [4.69, 9.17) is 4.74 Å². The summed E-state index contributed by atoms with van der Waals surface area (Å²) in [6, 6.07) is 18.5. The normalized spacial score (nSPS) is 10.4. The highest BCUT2D eigenvalue weighted by Crippen LogP contribution is 2.22. The van der Waals surface area contributed by atoms with Gasteiger partial charge in [-0.2, -0.15) is 0 Å². The summed E-state index contributed by atoms with van der Waals surface area (Å²) in [5, 5.41) is 2.80. The predicted molar refractivity (Wildman–Crippen MR) is 108 cm³/mol. The fourth-order valence-corrected chi connectivity index (χ4v) is 3.18. The summed E-state index contributed by atoms with van der Waals surface area (Å²) < 4.78 is 7.73. The SMILES string of the molecule is COc1ccc(Br)cc1CNC(=O)c1cccn(Cc2ccccc2)c1=O. The number of benzene rings is 2. The van der Waals surface area contributed by atoms with Gasteiger partial charge in [-0.15, -0.1) is 0 Å². The minimum absolute atomic E-state index is 0.113. The molecule has 0 aliphatic heterocycles. The first-order chi connectivity index (χ1) is 13.1. The van der Waals surface area contributed by atoms with Crippen LogP contribution < -0.4 is 15.6 Å². The second-order valence-corrected chi connectivity index (χ2v) is 6.90. The Hall–Kier alpha value is -2.86. The molecule has 3 rings (SSSR count). The van der Waals surface area contributed by atoms with Crippen LogP contribution in [0.5, 0.6) is 5.75 Å². The van der Waals surface area contributed by atoms with E-state index >= 15 is 0 Å². The minimum atomic E-state index is -0.413. The molecule has 138 valence electrons. The van der Waals surface area contributed by atoms with Gasteiger partial charge in [0.25, 0.3) is 11.5 Å². The molecule has 2 aromatic carbocycles. The van der Waals surface area contributed by atoms with E-state index in [-0.39, 0.29) is 17.7 Å². The van der Waals surface area contributed by atoms with Crippen LogP contribution in [0.25, 0.3) is 0 Å². The van der Waals surface area contributed by atoms with E-state index in [1.807, 2.05) is 48.5 Å². The number of rotatable bonds is 6. The second kappa shape index (κ2) is 8.68. The van der Waals surface area contributed by atoms with Gasteiger partial charge in [-0.05, 0) is 35.9 Å². The van der Waals surface area contributed by atoms with Crippen molar-refractivity contribution in [1.82, 2.24) is 9.88 Å². The molecule has 1 N–H and O–H groups in total. The first-order valence-corrected chi connectivity index (χ1v) is 9.22. The molecule has 0 saturated heterocycles. The zero-order chi connectivity index (χ0) is 19.2. The van der Waals surface area contributed by atoms with Gasteiger partial charge >= 0.3 is 0 Å². The quantitative estimate of drug-likeness (QED) is 0.654. The first kappa shape index (κ1) is 18.9. The lowest BCUT2D eigenvalue weighted by Gasteiger charge is -2.11. The van der Waals surface area contributed by atoms with E-state index in [1.165, 1.54) is 10.6 Å². The van der Waals surface area contributed by atoms with Crippen LogP contribution >= 0.6 is 15.9 Å². The van der Waals surface area contributed by atoms with E-state index < -0.39 is 5.91 Å². The van der Waals surface area contributed by atoms with Crippen molar-refractivity contribution in [1.29, 1.82) is 0 Å². The van der Waals surface area contributed by atoms with Gasteiger partial charge in [0.15, 0.2) is 0 Å². The van der Waals surface area contributed by atoms with Gasteiger partial charge in [-0.1, -0.05) is 46.3 Å². The van der Waals surface area contributed by atoms with Crippen LogP contribution in [0.3, 0.4) is 0 Å². The molecule has 0 saturated carbocycles. The van der Waals surface area contributed by atoms with Gasteiger partial charge in [-0.25, -0.2) is 0 Å². The summed E-state index contributed by atoms with van der Waals surface area (Å²) in [4.78, 5) is 25.2. The van der Waals surface area contributed by atoms with Crippen LogP contribution in [0, 0.1) is 0 Å². The number of methoxy groups -OCH3 is 1. The third-order valence-corrected chi connectivity index (χ3v) is 4.64. The molecule has 6 heteroatoms. The number of ether oxygens (including phenoxy) is 1. The van der Waals surface area contributed by atoms with E-state index in [0.29, 0.717) is 12.3 Å². The Morgan fingerprint density at radius 3 is 2.63 bits per heavy atom. The van der Waals surface area contributed by atoms with Gasteiger partial charge in [-0.3, -0.25) is 9.59 Å². The lowest BCUT2D eigenvalue weighted by Crippen LogP contribution is -2.32. The van der Waals surface area contributed by atoms with Crippen LogP contribution in [0.15, 0.2) is 76.1 Å². The number of aromatic nitrogens is 1. The second-order valence-electron chi connectivity index (χ2n) is 5.98. The van der Waals surface area contributed by atoms with Crippen LogP contribution in [-0.2, 0) is 13.1 Å². The fraction of sp³-hybridized carbons (Fsp3) is 0.143. The van der Waals surface area contributed by atoms with Gasteiger partial charge in [0.1, 0.15) is 11.3 Å². The van der Waals surface area contributed by atoms with Crippen molar-refractivity contribution < 1.29 is 9.53 Å². The topological polar surface area (TPSA) is 60.3 Å². The maximum atomic E-state index is 12.7. The lowest BCUT2D eigenvalue weighted by molar-refractivity contribution is 0.0948. The van der Waals surface area contributed by atoms with Gasteiger partial charge in [0.05, 0.1) is 13.7 Å². The summed E-state index contributed by atoms with van der Waals surface area (Å²) in [5.74, 6) is 0.262. The number of carbonyl (C=O) groups is 1. The fourth-order valence-electron chi connectivity index (χ4n) is 2.77. The first-order valence-electron chi connectivity index (χ1n) is 8.42. The number of nitrogens with zero attached hydrogens (tertiary/aromatic N) is 1. The minimum Gasteiger partial charge on any atom is -0.496 e. The molecule has 0 fully saturated rings. The largest absolute Gasteiger partial charge is 0.496 e. The van der Waals surface area contributed by atoms with Crippen LogP contribution in [-0.4, -0.2) is 17.6 Å². The van der Waals surface area contributed by atoms with Gasteiger partial charge < -0.3 is 14.6 Å². The highest BCUT2D eigenvalue weighted by Gasteiger charge is 2.13. The number of hydrogen-bond donors (Lipinski definition) is 1. The van der Waals surface area contributed by atoms with Crippen molar-refractivity contribution in [2.24, 2.45) is 0 Å². The molecule has 0 aliphatic carbocycles. The Morgan fingerprint density at radius 2 is 1.89 bits per heavy atom. The van der Waals surface area contributed by atoms with Crippen molar-refractivity contribution in [3.63, 3.8) is 0 Å². The van der Waals surface area contributed by atoms with Crippen molar-refractivity contribution in [3.05, 3.63) is 98.4 Å². The highest BCUT2D eigenvalue weighted by molar-refractivity contribution is 9.10. The standard InChI is InChI=1S/C21H19BrN2O3/c1-27-19-10-9-17(22)12-16(19)13-23-20(25)18-8-5-11-24(21(18)26)14-15-6-3-2-4-7-15/h2-12H,13-14H2,1H3,(H,23,25). The number of carbonyl (C=O) groups excluding carboxylic acids is 1. The predicted octanol–water partition coefficient (Wildman–Crippen LogP) is 3.60. The number of halogens is 1. The molecule has 0 unspecified atom stereocenters. The Labute approximate surface area is 165 Å². The summed E-state index contributed by atoms with van der Waals surface area (Å²) in [7, 11) is 1.58. The molecule has 27 heavy (non-hydrogen) atoms. The number of amides is 1. The highest BCUT2D eigenvalue weighted by atomic mass is 79.9. The van der Waals surface area contributed by atoms with Crippen LogP contribution in [0.4, 0.5) is 0 Å². The summed E-state index contributed by atoms with van der Waals surface area (Å²) in [5.41, 5.74) is 1.61. The summed E-state index contributed by atoms with van der Waals surface area (Å²) in [6.07, 6.45) is 1.68. The van der Waals surface area contributed by atoms with Gasteiger partial charge in [0, 0.05) is 22.8 Å². The Morgan fingerprint density at radius 1 is 1.11 bits per heavy atom. The molecule has 1 heterocycles. The zero-order valence-corrected chi connectivity index (χ0v) is 16.4. The average Bonchev–Trinajstić information content (AvgIpc) is 2.68. The molecule has 5 nitrogen and oxygen atoms in total. The van der Waals surface area contributed by atoms with Crippen molar-refractivity contribution in [3.8, 4) is 5.75 Å². The van der Waals surface area contributed by atoms with Crippen molar-refractivity contribution >= 4 is 21.8 Å². The lowest BCUT2D eigenvalue weighted by atomic mass is 10.2. The number of hydrogen-bond acceptors (Lipinski definition) is 3. The Balaban J connectivity index is 1.77. The number of pyridine rings is 1. The molecule has 1 amide bonds. The van der Waals surface area contributed by atoms with E-state index in [1.54, 1.807) is 19.4 Å². The van der Waals surface area contributed by atoms with Crippen LogP contribution in [0.1, 0.15) is 21.5 Å². The molecule has 0 atom stereocenters. The number of nitrogens with one attached hydrogen (secondary N) is 1. The molecule has 0 bridgehead atoms.